The minimum absolute atomic E-state index is 0.391. The molecule has 102 valence electrons. The molecule has 0 aromatic heterocycles. The molecule has 0 atom stereocenters. The Morgan fingerprint density at radius 2 is 2.11 bits per heavy atom. The van der Waals surface area contributed by atoms with E-state index in [1.807, 2.05) is 6.07 Å². The molecular weight excluding hydrogens is 288 g/mol. The molecule has 0 spiro atoms. The van der Waals surface area contributed by atoms with Gasteiger partial charge in [-0.1, -0.05) is 11.8 Å². The molecular formula is C12H13F2N3S2. The fourth-order valence-corrected chi connectivity index (χ4v) is 1.97. The molecule has 0 saturated heterocycles. The van der Waals surface area contributed by atoms with E-state index in [1.54, 1.807) is 36.2 Å². The zero-order chi connectivity index (χ0) is 14.3. The van der Waals surface area contributed by atoms with Crippen LogP contribution in [0.1, 0.15) is 6.42 Å². The zero-order valence-electron chi connectivity index (χ0n) is 10.3. The van der Waals surface area contributed by atoms with Gasteiger partial charge < -0.3 is 10.2 Å². The number of anilines is 1. The van der Waals surface area contributed by atoms with Crippen molar-refractivity contribution in [3.63, 3.8) is 0 Å². The second kappa shape index (κ2) is 7.92. The van der Waals surface area contributed by atoms with Crippen LogP contribution in [0.4, 0.5) is 14.5 Å². The topological polar surface area (TPSA) is 39.1 Å². The second-order valence-electron chi connectivity index (χ2n) is 3.66. The van der Waals surface area contributed by atoms with Crippen molar-refractivity contribution in [2.45, 2.75) is 17.1 Å². The van der Waals surface area contributed by atoms with Gasteiger partial charge in [-0.25, -0.2) is 0 Å². The highest BCUT2D eigenvalue weighted by Gasteiger charge is 2.06. The first-order valence-electron chi connectivity index (χ1n) is 5.47. The summed E-state index contributed by atoms with van der Waals surface area (Å²) in [4.78, 5) is 2.25. The molecule has 1 N–H and O–H groups in total. The van der Waals surface area contributed by atoms with Gasteiger partial charge in [0.2, 0.25) is 0 Å². The Morgan fingerprint density at radius 3 is 2.63 bits per heavy atom. The van der Waals surface area contributed by atoms with E-state index in [4.69, 9.17) is 17.5 Å². The summed E-state index contributed by atoms with van der Waals surface area (Å²) in [6.45, 7) is 0.543. The molecule has 0 aliphatic carbocycles. The quantitative estimate of drug-likeness (QED) is 0.665. The molecule has 3 nitrogen and oxygen atoms in total. The lowest BCUT2D eigenvalue weighted by Crippen LogP contribution is -2.31. The molecule has 0 fully saturated rings. The van der Waals surface area contributed by atoms with Crippen LogP contribution in [0.3, 0.4) is 0 Å². The number of thioether (sulfide) groups is 1. The van der Waals surface area contributed by atoms with Crippen LogP contribution in [0.5, 0.6) is 0 Å². The van der Waals surface area contributed by atoms with Gasteiger partial charge in [0.1, 0.15) is 0 Å². The third kappa shape index (κ3) is 5.85. The lowest BCUT2D eigenvalue weighted by molar-refractivity contribution is 0.252. The Labute approximate surface area is 120 Å². The van der Waals surface area contributed by atoms with E-state index in [0.29, 0.717) is 34.7 Å². The Kier molecular flexibility index (Phi) is 6.53. The summed E-state index contributed by atoms with van der Waals surface area (Å²) >= 11 is 5.66. The van der Waals surface area contributed by atoms with Crippen LogP contribution in [0.15, 0.2) is 29.2 Å². The van der Waals surface area contributed by atoms with Crippen molar-refractivity contribution >= 4 is 34.8 Å². The number of nitriles is 1. The number of benzene rings is 1. The van der Waals surface area contributed by atoms with E-state index in [1.165, 1.54) is 0 Å². The summed E-state index contributed by atoms with van der Waals surface area (Å²) in [6.07, 6.45) is 0.391. The second-order valence-corrected chi connectivity index (χ2v) is 5.11. The molecule has 7 heteroatoms. The number of thiocarbonyl (C=S) groups is 1. The molecule has 1 rings (SSSR count). The maximum Gasteiger partial charge on any atom is 0.288 e. The maximum atomic E-state index is 12.1. The predicted octanol–water partition coefficient (Wildman–Crippen LogP) is 3.54. The van der Waals surface area contributed by atoms with E-state index >= 15 is 0 Å². The number of alkyl halides is 2. The minimum Gasteiger partial charge on any atom is -0.351 e. The fraction of sp³-hybridized carbons (Fsp3) is 0.333. The van der Waals surface area contributed by atoms with Gasteiger partial charge in [-0.2, -0.15) is 14.0 Å². The SMILES string of the molecule is CN(CCC#N)C(=S)Nc1ccc(SC(F)F)cc1. The lowest BCUT2D eigenvalue weighted by Gasteiger charge is -2.19. The number of hydrogen-bond acceptors (Lipinski definition) is 3. The minimum atomic E-state index is -2.42. The largest absolute Gasteiger partial charge is 0.351 e. The number of halogens is 2. The Bertz CT molecular complexity index is 457. The Morgan fingerprint density at radius 1 is 1.47 bits per heavy atom. The van der Waals surface area contributed by atoms with Gasteiger partial charge in [0.05, 0.1) is 12.5 Å². The van der Waals surface area contributed by atoms with Gasteiger partial charge in [-0.3, -0.25) is 0 Å². The first kappa shape index (κ1) is 15.7. The van der Waals surface area contributed by atoms with Crippen molar-refractivity contribution in [3.05, 3.63) is 24.3 Å². The summed E-state index contributed by atoms with van der Waals surface area (Å²) in [7, 11) is 1.79. The van der Waals surface area contributed by atoms with Crippen molar-refractivity contribution in [3.8, 4) is 6.07 Å². The Hall–Kier alpha value is -1.39. The molecule has 0 aliphatic heterocycles. The normalized spacial score (nSPS) is 10.1. The van der Waals surface area contributed by atoms with Gasteiger partial charge in [-0.15, -0.1) is 0 Å². The highest BCUT2D eigenvalue weighted by Crippen LogP contribution is 2.26. The Balaban J connectivity index is 2.53. The highest BCUT2D eigenvalue weighted by molar-refractivity contribution is 7.99. The van der Waals surface area contributed by atoms with Crippen LogP contribution >= 0.6 is 24.0 Å². The van der Waals surface area contributed by atoms with Gasteiger partial charge in [-0.05, 0) is 36.5 Å². The molecule has 0 amide bonds. The van der Waals surface area contributed by atoms with E-state index in [-0.39, 0.29) is 0 Å². The number of hydrogen-bond donors (Lipinski definition) is 1. The smallest absolute Gasteiger partial charge is 0.288 e. The van der Waals surface area contributed by atoms with Gasteiger partial charge in [0, 0.05) is 24.2 Å². The van der Waals surface area contributed by atoms with Gasteiger partial charge >= 0.3 is 0 Å². The van der Waals surface area contributed by atoms with Crippen molar-refractivity contribution < 1.29 is 8.78 Å². The predicted molar refractivity (Wildman–Crippen MR) is 77.4 cm³/mol. The molecule has 0 saturated carbocycles. The van der Waals surface area contributed by atoms with Crippen molar-refractivity contribution in [1.29, 1.82) is 5.26 Å². The summed E-state index contributed by atoms with van der Waals surface area (Å²) in [5.41, 5.74) is 0.729. The molecule has 0 aliphatic rings. The molecule has 1 aromatic carbocycles. The van der Waals surface area contributed by atoms with E-state index in [9.17, 15) is 8.78 Å². The van der Waals surface area contributed by atoms with Crippen LogP contribution in [0.2, 0.25) is 0 Å². The number of nitrogens with zero attached hydrogens (tertiary/aromatic N) is 2. The molecule has 1 aromatic rings. The standard InChI is InChI=1S/C12H13F2N3S2/c1-17(8-2-7-15)12(18)16-9-3-5-10(6-4-9)19-11(13)14/h3-6,11H,2,8H2,1H3,(H,16,18). The first-order chi connectivity index (χ1) is 9.02. The fourth-order valence-electron chi connectivity index (χ4n) is 1.26. The van der Waals surface area contributed by atoms with Crippen molar-refractivity contribution in [1.82, 2.24) is 4.90 Å². The highest BCUT2D eigenvalue weighted by atomic mass is 32.2. The summed E-state index contributed by atoms with van der Waals surface area (Å²) in [5, 5.41) is 12.0. The van der Waals surface area contributed by atoms with Gasteiger partial charge in [0.25, 0.3) is 5.76 Å². The van der Waals surface area contributed by atoms with Crippen LogP contribution in [0.25, 0.3) is 0 Å². The van der Waals surface area contributed by atoms with Crippen LogP contribution in [-0.2, 0) is 0 Å². The van der Waals surface area contributed by atoms with Crippen LogP contribution in [-0.4, -0.2) is 29.4 Å². The first-order valence-corrected chi connectivity index (χ1v) is 6.75. The number of rotatable bonds is 5. The lowest BCUT2D eigenvalue weighted by atomic mass is 10.3. The van der Waals surface area contributed by atoms with E-state index < -0.39 is 5.76 Å². The molecule has 0 radical (unpaired) electrons. The summed E-state index contributed by atoms with van der Waals surface area (Å²) in [5.74, 6) is -2.42. The number of nitrogens with one attached hydrogen (secondary N) is 1. The zero-order valence-corrected chi connectivity index (χ0v) is 11.9. The molecule has 0 bridgehead atoms. The third-order valence-corrected chi connectivity index (χ3v) is 3.37. The maximum absolute atomic E-state index is 12.1. The third-order valence-electron chi connectivity index (χ3n) is 2.24. The van der Waals surface area contributed by atoms with Crippen LogP contribution < -0.4 is 5.32 Å². The van der Waals surface area contributed by atoms with Crippen LogP contribution in [0, 0.1) is 11.3 Å². The molecule has 0 unspecified atom stereocenters. The molecule has 19 heavy (non-hydrogen) atoms. The van der Waals surface area contributed by atoms with E-state index in [0.717, 1.165) is 5.69 Å². The monoisotopic (exact) mass is 301 g/mol. The summed E-state index contributed by atoms with van der Waals surface area (Å²) < 4.78 is 24.3. The van der Waals surface area contributed by atoms with Crippen molar-refractivity contribution in [2.24, 2.45) is 0 Å². The van der Waals surface area contributed by atoms with Gasteiger partial charge in [0.15, 0.2) is 5.11 Å². The van der Waals surface area contributed by atoms with E-state index in [2.05, 4.69) is 5.32 Å². The average molecular weight is 301 g/mol. The van der Waals surface area contributed by atoms with Crippen molar-refractivity contribution in [2.75, 3.05) is 18.9 Å². The average Bonchev–Trinajstić information content (AvgIpc) is 2.37. The summed E-state index contributed by atoms with van der Waals surface area (Å²) in [6, 6.07) is 8.64. The molecule has 0 heterocycles.